The fourth-order valence-corrected chi connectivity index (χ4v) is 6.60. The molecule has 0 heterocycles. The first kappa shape index (κ1) is 19.7. The van der Waals surface area contributed by atoms with Crippen LogP contribution >= 0.6 is 0 Å². The molecule has 4 rings (SSSR count). The van der Waals surface area contributed by atoms with E-state index in [1.165, 1.54) is 11.1 Å². The molecule has 3 aliphatic rings. The van der Waals surface area contributed by atoms with Gasteiger partial charge >= 0.3 is 13.1 Å². The SMILES string of the molecule is C[C@]12CC[C@@H]3c4ccc(B(O)O)cc4CC[C@H]3[C@@H]1[C@@H](CCCC(=O)O)CC2=O. The number of ketones is 1. The minimum absolute atomic E-state index is 0.178. The molecule has 2 saturated carbocycles. The Morgan fingerprint density at radius 3 is 2.79 bits per heavy atom. The summed E-state index contributed by atoms with van der Waals surface area (Å²) in [4.78, 5) is 23.8. The van der Waals surface area contributed by atoms with Crippen molar-refractivity contribution < 1.29 is 24.7 Å². The molecule has 5 atom stereocenters. The maximum Gasteiger partial charge on any atom is 0.488 e. The van der Waals surface area contributed by atoms with Crippen LogP contribution in [0.15, 0.2) is 18.2 Å². The number of aliphatic carboxylic acids is 1. The van der Waals surface area contributed by atoms with Gasteiger partial charge in [0, 0.05) is 18.3 Å². The van der Waals surface area contributed by atoms with E-state index in [0.717, 1.165) is 32.1 Å². The zero-order chi connectivity index (χ0) is 20.1. The van der Waals surface area contributed by atoms with E-state index in [0.29, 0.717) is 47.8 Å². The van der Waals surface area contributed by atoms with Gasteiger partial charge < -0.3 is 15.2 Å². The van der Waals surface area contributed by atoms with Crippen molar-refractivity contribution in [3.8, 4) is 0 Å². The highest BCUT2D eigenvalue weighted by Gasteiger charge is 2.58. The number of rotatable bonds is 5. The summed E-state index contributed by atoms with van der Waals surface area (Å²) >= 11 is 0. The van der Waals surface area contributed by atoms with Crippen molar-refractivity contribution in [1.29, 1.82) is 0 Å². The van der Waals surface area contributed by atoms with E-state index in [1.54, 1.807) is 0 Å². The molecule has 0 saturated heterocycles. The van der Waals surface area contributed by atoms with Crippen LogP contribution in [0.3, 0.4) is 0 Å². The van der Waals surface area contributed by atoms with Crippen LogP contribution in [-0.2, 0) is 16.0 Å². The molecule has 2 fully saturated rings. The molecule has 5 nitrogen and oxygen atoms in total. The van der Waals surface area contributed by atoms with Gasteiger partial charge in [-0.2, -0.15) is 0 Å². The van der Waals surface area contributed by atoms with Gasteiger partial charge in [0.15, 0.2) is 0 Å². The summed E-state index contributed by atoms with van der Waals surface area (Å²) in [5.74, 6) is 1.12. The molecule has 0 aromatic heterocycles. The molecule has 0 spiro atoms. The number of hydrogen-bond acceptors (Lipinski definition) is 4. The molecule has 150 valence electrons. The highest BCUT2D eigenvalue weighted by Crippen LogP contribution is 2.62. The Labute approximate surface area is 166 Å². The number of hydrogen-bond donors (Lipinski definition) is 3. The van der Waals surface area contributed by atoms with Crippen LogP contribution in [0.2, 0.25) is 0 Å². The number of carbonyl (C=O) groups is 2. The Morgan fingerprint density at radius 1 is 1.29 bits per heavy atom. The van der Waals surface area contributed by atoms with E-state index in [-0.39, 0.29) is 11.8 Å². The second-order valence-electron chi connectivity index (χ2n) is 9.30. The summed E-state index contributed by atoms with van der Waals surface area (Å²) in [5, 5.41) is 27.9. The van der Waals surface area contributed by atoms with Gasteiger partial charge in [0.05, 0.1) is 0 Å². The summed E-state index contributed by atoms with van der Waals surface area (Å²) in [5.41, 5.74) is 2.81. The van der Waals surface area contributed by atoms with Crippen molar-refractivity contribution in [3.05, 3.63) is 29.3 Å². The highest BCUT2D eigenvalue weighted by molar-refractivity contribution is 6.58. The first-order chi connectivity index (χ1) is 13.3. The van der Waals surface area contributed by atoms with Crippen LogP contribution in [0, 0.1) is 23.2 Å². The summed E-state index contributed by atoms with van der Waals surface area (Å²) < 4.78 is 0. The molecule has 1 aromatic carbocycles. The number of carbonyl (C=O) groups excluding carboxylic acids is 1. The largest absolute Gasteiger partial charge is 0.488 e. The molecule has 1 aromatic rings. The van der Waals surface area contributed by atoms with Crippen LogP contribution in [0.5, 0.6) is 0 Å². The molecule has 3 aliphatic carbocycles. The average Bonchev–Trinajstić information content (AvgIpc) is 2.91. The predicted molar refractivity (Wildman–Crippen MR) is 106 cm³/mol. The van der Waals surface area contributed by atoms with Crippen molar-refractivity contribution in [1.82, 2.24) is 0 Å². The Morgan fingerprint density at radius 2 is 2.07 bits per heavy atom. The molecule has 6 heteroatoms. The normalized spacial score (nSPS) is 33.8. The summed E-state index contributed by atoms with van der Waals surface area (Å²) in [6, 6.07) is 5.79. The third-order valence-electron chi connectivity index (χ3n) is 7.86. The van der Waals surface area contributed by atoms with Crippen molar-refractivity contribution in [2.45, 2.75) is 64.2 Å². The molecule has 28 heavy (non-hydrogen) atoms. The van der Waals surface area contributed by atoms with Gasteiger partial charge in [0.1, 0.15) is 5.78 Å². The maximum atomic E-state index is 12.9. The molecule has 3 N–H and O–H groups in total. The molecule has 0 amide bonds. The summed E-state index contributed by atoms with van der Waals surface area (Å²) in [6.07, 6.45) is 6.07. The highest BCUT2D eigenvalue weighted by atomic mass is 16.4. The standard InChI is InChI=1S/C22H29BO5/c1-22-10-9-17-16-8-6-15(23(27)28)11-13(16)5-7-18(17)21(22)14(12-19(22)24)3-2-4-20(25)26/h6,8,11,14,17-18,21,27-28H,2-5,7,9-10,12H2,1H3,(H,25,26)/t14-,17+,18+,21-,22+/m0/s1. The lowest BCUT2D eigenvalue weighted by molar-refractivity contribution is -0.137. The Balaban J connectivity index is 1.61. The van der Waals surface area contributed by atoms with Gasteiger partial charge in [-0.3, -0.25) is 9.59 Å². The molecule has 0 unspecified atom stereocenters. The number of benzene rings is 1. The average molecular weight is 384 g/mol. The second kappa shape index (κ2) is 7.31. The van der Waals surface area contributed by atoms with E-state index >= 15 is 0 Å². The summed E-state index contributed by atoms with van der Waals surface area (Å²) in [7, 11) is -1.44. The third-order valence-corrected chi connectivity index (χ3v) is 7.86. The quantitative estimate of drug-likeness (QED) is 0.677. The molecular weight excluding hydrogens is 355 g/mol. The van der Waals surface area contributed by atoms with Crippen LogP contribution in [0.25, 0.3) is 0 Å². The van der Waals surface area contributed by atoms with E-state index < -0.39 is 13.1 Å². The number of carboxylic acid groups (broad SMARTS) is 1. The predicted octanol–water partition coefficient (Wildman–Crippen LogP) is 2.27. The van der Waals surface area contributed by atoms with Crippen molar-refractivity contribution >= 4 is 24.3 Å². The number of aryl methyl sites for hydroxylation is 1. The van der Waals surface area contributed by atoms with Gasteiger partial charge in [-0.1, -0.05) is 25.1 Å². The lowest BCUT2D eigenvalue weighted by Crippen LogP contribution is -2.44. The summed E-state index contributed by atoms with van der Waals surface area (Å²) in [6.45, 7) is 2.15. The van der Waals surface area contributed by atoms with Gasteiger partial charge in [-0.15, -0.1) is 0 Å². The van der Waals surface area contributed by atoms with Gasteiger partial charge in [0.25, 0.3) is 0 Å². The van der Waals surface area contributed by atoms with E-state index in [9.17, 15) is 19.6 Å². The van der Waals surface area contributed by atoms with Gasteiger partial charge in [-0.25, -0.2) is 0 Å². The van der Waals surface area contributed by atoms with Crippen LogP contribution in [0.1, 0.15) is 68.9 Å². The fraction of sp³-hybridized carbons (Fsp3) is 0.636. The van der Waals surface area contributed by atoms with E-state index in [1.807, 2.05) is 12.1 Å². The Bertz CT molecular complexity index is 791. The van der Waals surface area contributed by atoms with Gasteiger partial charge in [0.2, 0.25) is 0 Å². The Hall–Kier alpha value is -1.66. The fourth-order valence-electron chi connectivity index (χ4n) is 6.60. The molecule has 0 aliphatic heterocycles. The van der Waals surface area contributed by atoms with Crippen LogP contribution in [0.4, 0.5) is 0 Å². The zero-order valence-electron chi connectivity index (χ0n) is 16.4. The van der Waals surface area contributed by atoms with Crippen LogP contribution in [-0.4, -0.2) is 34.0 Å². The minimum Gasteiger partial charge on any atom is -0.481 e. The van der Waals surface area contributed by atoms with Crippen molar-refractivity contribution in [2.24, 2.45) is 23.2 Å². The Kier molecular flexibility index (Phi) is 5.13. The first-order valence-electron chi connectivity index (χ1n) is 10.5. The molecule has 0 radical (unpaired) electrons. The zero-order valence-corrected chi connectivity index (χ0v) is 16.4. The first-order valence-corrected chi connectivity index (χ1v) is 10.5. The van der Waals surface area contributed by atoms with E-state index in [4.69, 9.17) is 5.11 Å². The van der Waals surface area contributed by atoms with Gasteiger partial charge in [-0.05, 0) is 78.8 Å². The second-order valence-corrected chi connectivity index (χ2v) is 9.30. The minimum atomic E-state index is -1.44. The molecular formula is C22H29BO5. The van der Waals surface area contributed by atoms with E-state index in [2.05, 4.69) is 13.0 Å². The van der Waals surface area contributed by atoms with Crippen molar-refractivity contribution in [3.63, 3.8) is 0 Å². The lowest BCUT2D eigenvalue weighted by Gasteiger charge is -2.50. The third kappa shape index (κ3) is 3.20. The topological polar surface area (TPSA) is 94.8 Å². The number of fused-ring (bicyclic) bond motifs is 5. The maximum absolute atomic E-state index is 12.9. The van der Waals surface area contributed by atoms with Crippen LogP contribution < -0.4 is 5.46 Å². The number of Topliss-reactive ketones (excluding diaryl/α,β-unsaturated/α-hetero) is 1. The lowest BCUT2D eigenvalue weighted by atomic mass is 9.53. The smallest absolute Gasteiger partial charge is 0.481 e. The van der Waals surface area contributed by atoms with Crippen molar-refractivity contribution in [2.75, 3.05) is 0 Å². The molecule has 0 bridgehead atoms. The monoisotopic (exact) mass is 384 g/mol. The number of carboxylic acids is 1.